The third-order valence-electron chi connectivity index (χ3n) is 9.68. The summed E-state index contributed by atoms with van der Waals surface area (Å²) in [4.78, 5) is 29.7. The number of aliphatic hydroxyl groups excluding tert-OH is 1. The number of carbonyl (C=O) groups excluding carboxylic acids is 2. The Kier molecular flexibility index (Phi) is 16.4. The summed E-state index contributed by atoms with van der Waals surface area (Å²) in [7, 11) is 0. The Hall–Kier alpha value is -3.30. The minimum absolute atomic E-state index is 0.0166. The number of guanidine groups is 1. The Morgan fingerprint density at radius 2 is 1.80 bits per heavy atom. The van der Waals surface area contributed by atoms with Crippen LogP contribution in [0, 0.1) is 11.8 Å². The molecule has 284 valence electrons. The van der Waals surface area contributed by atoms with Gasteiger partial charge in [-0.2, -0.15) is 0 Å². The monoisotopic (exact) mass is 712 g/mol. The van der Waals surface area contributed by atoms with Crippen molar-refractivity contribution in [2.45, 2.75) is 134 Å². The van der Waals surface area contributed by atoms with E-state index in [2.05, 4.69) is 26.3 Å². The van der Waals surface area contributed by atoms with Crippen LogP contribution in [0.5, 0.6) is 5.75 Å². The fourth-order valence-electron chi connectivity index (χ4n) is 6.92. The van der Waals surface area contributed by atoms with Gasteiger partial charge in [-0.15, -0.1) is 0 Å². The van der Waals surface area contributed by atoms with E-state index in [-0.39, 0.29) is 43.6 Å². The summed E-state index contributed by atoms with van der Waals surface area (Å²) in [5.41, 5.74) is 17.7. The van der Waals surface area contributed by atoms with Crippen molar-refractivity contribution in [1.82, 2.24) is 16.0 Å². The molecule has 2 fully saturated rings. The van der Waals surface area contributed by atoms with E-state index in [9.17, 15) is 27.9 Å². The van der Waals surface area contributed by atoms with Crippen LogP contribution in [0.2, 0.25) is 0 Å². The topological polar surface area (TPSA) is 202 Å². The van der Waals surface area contributed by atoms with Crippen molar-refractivity contribution in [3.63, 3.8) is 0 Å². The van der Waals surface area contributed by atoms with Crippen molar-refractivity contribution in [3.05, 3.63) is 23.8 Å². The molecule has 1 aromatic carbocycles. The van der Waals surface area contributed by atoms with E-state index >= 15 is 0 Å². The quantitative estimate of drug-likeness (QED) is 0.0640. The molecule has 11 N–H and O–H groups in total. The number of nitrogens with zero attached hydrogens (tertiary/aromatic N) is 1. The van der Waals surface area contributed by atoms with E-state index in [0.29, 0.717) is 63.1 Å². The highest BCUT2D eigenvalue weighted by Gasteiger charge is 2.42. The van der Waals surface area contributed by atoms with Gasteiger partial charge in [0.2, 0.25) is 11.8 Å². The third kappa shape index (κ3) is 13.4. The number of anilines is 1. The largest absolute Gasteiger partial charge is 0.490 e. The summed E-state index contributed by atoms with van der Waals surface area (Å²) >= 11 is 0. The van der Waals surface area contributed by atoms with Crippen molar-refractivity contribution in [3.8, 4) is 5.75 Å². The lowest BCUT2D eigenvalue weighted by Crippen LogP contribution is -2.59. The van der Waals surface area contributed by atoms with Gasteiger partial charge in [-0.25, -0.2) is 18.0 Å². The van der Waals surface area contributed by atoms with Gasteiger partial charge in [-0.3, -0.25) is 9.79 Å². The van der Waals surface area contributed by atoms with E-state index in [1.54, 1.807) is 18.2 Å². The highest BCUT2D eigenvalue weighted by molar-refractivity contribution is 5.89. The average molecular weight is 713 g/mol. The highest BCUT2D eigenvalue weighted by atomic mass is 19.3. The minimum Gasteiger partial charge on any atom is -0.490 e. The van der Waals surface area contributed by atoms with E-state index in [1.165, 1.54) is 6.92 Å². The predicted molar refractivity (Wildman–Crippen MR) is 190 cm³/mol. The Morgan fingerprint density at radius 3 is 2.44 bits per heavy atom. The zero-order valence-electron chi connectivity index (χ0n) is 29.7. The molecule has 2 aliphatic carbocycles. The van der Waals surface area contributed by atoms with Crippen LogP contribution in [-0.4, -0.2) is 85.1 Å². The number of nitrogens with two attached hydrogens (primary N) is 3. The van der Waals surface area contributed by atoms with Gasteiger partial charge in [0, 0.05) is 30.6 Å². The van der Waals surface area contributed by atoms with Crippen LogP contribution >= 0.6 is 0 Å². The van der Waals surface area contributed by atoms with Gasteiger partial charge in [-0.1, -0.05) is 6.92 Å². The van der Waals surface area contributed by atoms with Gasteiger partial charge >= 0.3 is 6.03 Å². The van der Waals surface area contributed by atoms with Crippen molar-refractivity contribution < 1.29 is 32.6 Å². The van der Waals surface area contributed by atoms with E-state index in [0.717, 1.165) is 25.5 Å². The lowest BCUT2D eigenvalue weighted by Gasteiger charge is -2.40. The second-order valence-electron chi connectivity index (χ2n) is 14.0. The number of ether oxygens (including phenoxy) is 1. The van der Waals surface area contributed by atoms with Crippen LogP contribution in [0.4, 0.5) is 23.7 Å². The number of hydrogen-bond donors (Lipinski definition) is 8. The molecule has 0 aromatic heterocycles. The number of aryl methyl sites for hydroxylation is 1. The number of amides is 3. The van der Waals surface area contributed by atoms with Crippen LogP contribution in [0.15, 0.2) is 23.2 Å². The molecule has 3 rings (SSSR count). The number of hydrogen-bond acceptors (Lipinski definition) is 7. The first-order chi connectivity index (χ1) is 23.7. The number of benzene rings is 1. The Balaban J connectivity index is 1.66. The van der Waals surface area contributed by atoms with Gasteiger partial charge in [0.1, 0.15) is 18.0 Å². The number of halogens is 3. The number of aliphatic imine (C=N–C) groups is 1. The molecule has 0 aliphatic heterocycles. The number of urea groups is 1. The molecule has 0 heterocycles. The SMILES string of the molecule is CCCNC1CC(Oc2ccc(NC(=O)NC3CC(C(C)F)CC(NC(=O)CCCCN=C(N)N)C3O)cc2CCCN)CC(C(C)(F)F)C1. The van der Waals surface area contributed by atoms with E-state index in [1.807, 2.05) is 6.92 Å². The first-order valence-electron chi connectivity index (χ1n) is 18.0. The van der Waals surface area contributed by atoms with Crippen molar-refractivity contribution in [2.75, 3.05) is 25.0 Å². The number of alkyl halides is 3. The van der Waals surface area contributed by atoms with Gasteiger partial charge in [0.25, 0.3) is 0 Å². The summed E-state index contributed by atoms with van der Waals surface area (Å²) in [6, 6.07) is 2.92. The van der Waals surface area contributed by atoms with Crippen LogP contribution in [-0.2, 0) is 11.2 Å². The molecule has 1 aromatic rings. The molecule has 2 saturated carbocycles. The number of rotatable bonds is 18. The smallest absolute Gasteiger partial charge is 0.319 e. The Morgan fingerprint density at radius 1 is 1.08 bits per heavy atom. The molecular formula is C35H59F3N8O4. The molecule has 2 aliphatic rings. The number of nitrogens with one attached hydrogen (secondary N) is 4. The van der Waals surface area contributed by atoms with Crippen molar-refractivity contribution in [1.29, 1.82) is 0 Å². The molecule has 0 saturated heterocycles. The zero-order valence-corrected chi connectivity index (χ0v) is 29.7. The first kappa shape index (κ1) is 41.1. The molecule has 8 unspecified atom stereocenters. The van der Waals surface area contributed by atoms with E-state index < -0.39 is 54.3 Å². The molecule has 50 heavy (non-hydrogen) atoms. The summed E-state index contributed by atoms with van der Waals surface area (Å²) in [6.07, 6.45) is 2.30. The maximum absolute atomic E-state index is 14.5. The maximum atomic E-state index is 14.5. The maximum Gasteiger partial charge on any atom is 0.319 e. The van der Waals surface area contributed by atoms with Crippen LogP contribution in [0.1, 0.15) is 90.5 Å². The first-order valence-corrected chi connectivity index (χ1v) is 18.0. The number of unbranched alkanes of at least 4 members (excludes halogenated alkanes) is 1. The molecular weight excluding hydrogens is 653 g/mol. The normalized spacial score (nSPS) is 26.0. The average Bonchev–Trinajstić information content (AvgIpc) is 3.04. The van der Waals surface area contributed by atoms with Crippen molar-refractivity contribution >= 4 is 23.6 Å². The van der Waals surface area contributed by atoms with Crippen LogP contribution in [0.25, 0.3) is 0 Å². The van der Waals surface area contributed by atoms with Gasteiger partial charge in [0.05, 0.1) is 18.2 Å². The van der Waals surface area contributed by atoms with E-state index in [4.69, 9.17) is 21.9 Å². The molecule has 8 atom stereocenters. The molecule has 15 heteroatoms. The number of aliphatic hydroxyl groups is 1. The molecule has 3 amide bonds. The van der Waals surface area contributed by atoms with Crippen molar-refractivity contribution in [2.24, 2.45) is 34.0 Å². The molecule has 12 nitrogen and oxygen atoms in total. The second kappa shape index (κ2) is 19.9. The lowest BCUT2D eigenvalue weighted by atomic mass is 9.78. The number of carbonyl (C=O) groups is 2. The third-order valence-corrected chi connectivity index (χ3v) is 9.68. The standard InChI is InChI=1S/C35H59F3N8O4/c1-4-13-42-26-18-24(35(3,37)38)19-27(20-26)50-30-11-10-25(15-22(30)8-7-12-39)44-34(49)46-29-17-23(21(2)36)16-28(32(29)48)45-31(47)9-5-6-14-43-33(40)41/h10-11,15,21,23-24,26-29,32,42,48H,4-9,12-14,16-20,39H2,1-3H3,(H,45,47)(H4,40,41,43)(H2,44,46,49). The van der Waals surface area contributed by atoms with Gasteiger partial charge in [0.15, 0.2) is 5.96 Å². The fourth-order valence-corrected chi connectivity index (χ4v) is 6.92. The predicted octanol–water partition coefficient (Wildman–Crippen LogP) is 3.70. The van der Waals surface area contributed by atoms with Crippen LogP contribution < -0.4 is 43.2 Å². The zero-order chi connectivity index (χ0) is 36.8. The van der Waals surface area contributed by atoms with Gasteiger partial charge in [-0.05, 0) is 121 Å². The second-order valence-corrected chi connectivity index (χ2v) is 14.0. The molecule has 0 radical (unpaired) electrons. The van der Waals surface area contributed by atoms with Gasteiger partial charge < -0.3 is 48.3 Å². The minimum atomic E-state index is -2.83. The Labute approximate surface area is 294 Å². The van der Waals surface area contributed by atoms with Crippen LogP contribution in [0.3, 0.4) is 0 Å². The lowest BCUT2D eigenvalue weighted by molar-refractivity contribution is -0.123. The summed E-state index contributed by atoms with van der Waals surface area (Å²) in [5, 5.41) is 22.9. The molecule has 0 bridgehead atoms. The summed E-state index contributed by atoms with van der Waals surface area (Å²) in [6.45, 7) is 6.00. The fraction of sp³-hybridized carbons (Fsp3) is 0.743. The highest BCUT2D eigenvalue weighted by Crippen LogP contribution is 2.39. The summed E-state index contributed by atoms with van der Waals surface area (Å²) in [5.74, 6) is -3.87. The Bertz CT molecular complexity index is 1250. The summed E-state index contributed by atoms with van der Waals surface area (Å²) < 4.78 is 49.8. The molecule has 0 spiro atoms.